The molecule has 1 aliphatic rings. The second-order valence-corrected chi connectivity index (χ2v) is 7.65. The summed E-state index contributed by atoms with van der Waals surface area (Å²) in [5.74, 6) is 0.245. The monoisotopic (exact) mass is 420 g/mol. The van der Waals surface area contributed by atoms with Crippen LogP contribution in [0.5, 0.6) is 11.6 Å². The molecule has 2 aromatic carbocycles. The van der Waals surface area contributed by atoms with Gasteiger partial charge in [0.25, 0.3) is 0 Å². The number of amides is 2. The molecule has 0 aliphatic carbocycles. The molecule has 0 radical (unpaired) electrons. The predicted molar refractivity (Wildman–Crippen MR) is 116 cm³/mol. The number of anilines is 2. The van der Waals surface area contributed by atoms with Crippen molar-refractivity contribution >= 4 is 35.0 Å². The molecule has 1 atom stereocenters. The average Bonchev–Trinajstić information content (AvgIpc) is 3.16. The summed E-state index contributed by atoms with van der Waals surface area (Å²) in [7, 11) is 0. The van der Waals surface area contributed by atoms with Crippen molar-refractivity contribution in [2.75, 3.05) is 23.0 Å². The van der Waals surface area contributed by atoms with Crippen molar-refractivity contribution in [1.29, 1.82) is 0 Å². The molecule has 7 nitrogen and oxygen atoms in total. The Bertz CT molecular complexity index is 1040. The Labute approximate surface area is 178 Å². The van der Waals surface area contributed by atoms with E-state index >= 15 is 0 Å². The van der Waals surface area contributed by atoms with Crippen LogP contribution >= 0.6 is 11.8 Å². The second kappa shape index (κ2) is 8.96. The smallest absolute Gasteiger partial charge is 0.237 e. The molecule has 3 aromatic rings. The summed E-state index contributed by atoms with van der Waals surface area (Å²) in [4.78, 5) is 36.0. The van der Waals surface area contributed by atoms with E-state index in [1.54, 1.807) is 53.3 Å². The zero-order valence-electron chi connectivity index (χ0n) is 16.3. The molecule has 1 unspecified atom stereocenters. The summed E-state index contributed by atoms with van der Waals surface area (Å²) in [5.41, 5.74) is 1.41. The van der Waals surface area contributed by atoms with Crippen LogP contribution in [0.1, 0.15) is 6.42 Å². The van der Waals surface area contributed by atoms with E-state index in [0.717, 1.165) is 10.6 Å². The van der Waals surface area contributed by atoms with E-state index in [9.17, 15) is 9.59 Å². The third-order valence-corrected chi connectivity index (χ3v) is 5.49. The lowest BCUT2D eigenvalue weighted by Gasteiger charge is -2.17. The van der Waals surface area contributed by atoms with Gasteiger partial charge in [-0.1, -0.05) is 6.07 Å². The minimum Gasteiger partial charge on any atom is -0.437 e. The number of ether oxygens (including phenoxy) is 1. The first-order valence-corrected chi connectivity index (χ1v) is 10.6. The fourth-order valence-electron chi connectivity index (χ4n) is 3.24. The van der Waals surface area contributed by atoms with Crippen molar-refractivity contribution < 1.29 is 14.3 Å². The van der Waals surface area contributed by atoms with Gasteiger partial charge >= 0.3 is 0 Å². The van der Waals surface area contributed by atoms with E-state index in [0.29, 0.717) is 23.9 Å². The van der Waals surface area contributed by atoms with Crippen LogP contribution in [0.25, 0.3) is 0 Å². The van der Waals surface area contributed by atoms with Gasteiger partial charge in [0, 0.05) is 47.7 Å². The summed E-state index contributed by atoms with van der Waals surface area (Å²) in [6, 6.07) is 14.8. The summed E-state index contributed by atoms with van der Waals surface area (Å²) in [5, 5.41) is 2.88. The van der Waals surface area contributed by atoms with Gasteiger partial charge in [0.1, 0.15) is 5.75 Å². The molecule has 4 rings (SSSR count). The Balaban J connectivity index is 1.40. The van der Waals surface area contributed by atoms with Crippen LogP contribution in [0, 0.1) is 5.92 Å². The molecule has 1 saturated heterocycles. The van der Waals surface area contributed by atoms with Crippen LogP contribution in [0.2, 0.25) is 0 Å². The van der Waals surface area contributed by atoms with Crippen LogP contribution in [0.3, 0.4) is 0 Å². The van der Waals surface area contributed by atoms with E-state index in [1.165, 1.54) is 6.20 Å². The summed E-state index contributed by atoms with van der Waals surface area (Å²) >= 11 is 1.64. The highest BCUT2D eigenvalue weighted by molar-refractivity contribution is 7.98. The molecule has 152 valence electrons. The molecule has 2 heterocycles. The molecule has 0 saturated carbocycles. The first kappa shape index (κ1) is 19.9. The van der Waals surface area contributed by atoms with Gasteiger partial charge in [-0.15, -0.1) is 11.8 Å². The third kappa shape index (κ3) is 4.60. The first-order chi connectivity index (χ1) is 14.6. The predicted octanol–water partition coefficient (Wildman–Crippen LogP) is 3.98. The third-order valence-electron chi connectivity index (χ3n) is 4.74. The second-order valence-electron chi connectivity index (χ2n) is 6.77. The van der Waals surface area contributed by atoms with Crippen LogP contribution in [0.15, 0.2) is 72.0 Å². The number of carbonyl (C=O) groups excluding carboxylic acids is 2. The van der Waals surface area contributed by atoms with Gasteiger partial charge in [-0.05, 0) is 42.7 Å². The zero-order valence-corrected chi connectivity index (χ0v) is 17.1. The Morgan fingerprint density at radius 3 is 2.77 bits per heavy atom. The number of nitrogens with one attached hydrogen (secondary N) is 1. The molecule has 0 bridgehead atoms. The van der Waals surface area contributed by atoms with Gasteiger partial charge in [-0.2, -0.15) is 0 Å². The maximum absolute atomic E-state index is 12.8. The van der Waals surface area contributed by atoms with Gasteiger partial charge in [0.05, 0.1) is 12.1 Å². The van der Waals surface area contributed by atoms with Gasteiger partial charge in [0.15, 0.2) is 0 Å². The topological polar surface area (TPSA) is 84.4 Å². The van der Waals surface area contributed by atoms with Crippen LogP contribution in [-0.2, 0) is 9.59 Å². The Morgan fingerprint density at radius 1 is 1.20 bits per heavy atom. The average molecular weight is 420 g/mol. The molecule has 1 N–H and O–H groups in total. The molecule has 2 amide bonds. The van der Waals surface area contributed by atoms with Gasteiger partial charge in [0.2, 0.25) is 17.7 Å². The number of hydrogen-bond donors (Lipinski definition) is 1. The standard InChI is InChI=1S/C22H20N4O3S/c1-30-19-7-5-17(6-8-19)26-14-15(11-21(26)27)22(28)25-16-3-2-4-18(12-16)29-20-13-23-9-10-24-20/h2-10,12-13,15H,11,14H2,1H3,(H,25,28). The lowest BCUT2D eigenvalue weighted by Crippen LogP contribution is -2.28. The Hall–Kier alpha value is -3.39. The van der Waals surface area contributed by atoms with E-state index in [2.05, 4.69) is 15.3 Å². The van der Waals surface area contributed by atoms with E-state index in [1.807, 2.05) is 30.5 Å². The molecule has 8 heteroatoms. The highest BCUT2D eigenvalue weighted by Gasteiger charge is 2.35. The molecule has 0 spiro atoms. The molecule has 1 aliphatic heterocycles. The number of nitrogens with zero attached hydrogens (tertiary/aromatic N) is 3. The Morgan fingerprint density at radius 2 is 2.03 bits per heavy atom. The maximum atomic E-state index is 12.8. The number of rotatable bonds is 6. The normalized spacial score (nSPS) is 15.8. The summed E-state index contributed by atoms with van der Waals surface area (Å²) in [6.45, 7) is 0.360. The maximum Gasteiger partial charge on any atom is 0.237 e. The minimum atomic E-state index is -0.415. The molecule has 1 fully saturated rings. The van der Waals surface area contributed by atoms with Crippen molar-refractivity contribution in [3.63, 3.8) is 0 Å². The van der Waals surface area contributed by atoms with Crippen LogP contribution < -0.4 is 15.0 Å². The zero-order chi connectivity index (χ0) is 20.9. The fraction of sp³-hybridized carbons (Fsp3) is 0.182. The number of aromatic nitrogens is 2. The summed E-state index contributed by atoms with van der Waals surface area (Å²) in [6.07, 6.45) is 6.80. The first-order valence-electron chi connectivity index (χ1n) is 9.41. The van der Waals surface area contributed by atoms with Gasteiger partial charge in [-0.25, -0.2) is 4.98 Å². The van der Waals surface area contributed by atoms with E-state index in [4.69, 9.17) is 4.74 Å². The lowest BCUT2D eigenvalue weighted by atomic mass is 10.1. The largest absolute Gasteiger partial charge is 0.437 e. The van der Waals surface area contributed by atoms with Crippen molar-refractivity contribution in [3.8, 4) is 11.6 Å². The van der Waals surface area contributed by atoms with Crippen molar-refractivity contribution in [1.82, 2.24) is 9.97 Å². The highest BCUT2D eigenvalue weighted by Crippen LogP contribution is 2.28. The number of benzene rings is 2. The minimum absolute atomic E-state index is 0.0493. The van der Waals surface area contributed by atoms with Crippen LogP contribution in [-0.4, -0.2) is 34.6 Å². The Kier molecular flexibility index (Phi) is 5.94. The molecular formula is C22H20N4O3S. The quantitative estimate of drug-likeness (QED) is 0.607. The highest BCUT2D eigenvalue weighted by atomic mass is 32.2. The van der Waals surface area contributed by atoms with Crippen molar-refractivity contribution in [3.05, 3.63) is 67.1 Å². The number of hydrogen-bond acceptors (Lipinski definition) is 6. The molecular weight excluding hydrogens is 400 g/mol. The SMILES string of the molecule is CSc1ccc(N2CC(C(=O)Nc3cccc(Oc4cnccn4)c3)CC2=O)cc1. The van der Waals surface area contributed by atoms with Gasteiger partial charge in [-0.3, -0.25) is 14.6 Å². The van der Waals surface area contributed by atoms with Crippen molar-refractivity contribution in [2.24, 2.45) is 5.92 Å². The summed E-state index contributed by atoms with van der Waals surface area (Å²) < 4.78 is 5.65. The van der Waals surface area contributed by atoms with Gasteiger partial charge < -0.3 is 15.0 Å². The number of carbonyl (C=O) groups is 2. The fourth-order valence-corrected chi connectivity index (χ4v) is 3.64. The molecule has 1 aromatic heterocycles. The lowest BCUT2D eigenvalue weighted by molar-refractivity contribution is -0.122. The van der Waals surface area contributed by atoms with E-state index < -0.39 is 5.92 Å². The molecule has 30 heavy (non-hydrogen) atoms. The number of thioether (sulfide) groups is 1. The van der Waals surface area contributed by atoms with Crippen molar-refractivity contribution in [2.45, 2.75) is 11.3 Å². The van der Waals surface area contributed by atoms with Crippen LogP contribution in [0.4, 0.5) is 11.4 Å². The van der Waals surface area contributed by atoms with E-state index in [-0.39, 0.29) is 18.2 Å².